The van der Waals surface area contributed by atoms with Gasteiger partial charge in [-0.1, -0.05) is 12.1 Å². The molecule has 1 saturated heterocycles. The van der Waals surface area contributed by atoms with E-state index >= 15 is 0 Å². The minimum atomic E-state index is -1.38. The van der Waals surface area contributed by atoms with Crippen LogP contribution in [0.4, 0.5) is 26.7 Å². The average Bonchev–Trinajstić information content (AvgIpc) is 2.88. The number of carbonyl (C=O) groups is 2. The van der Waals surface area contributed by atoms with Crippen LogP contribution >= 0.6 is 8.46 Å². The second-order valence-corrected chi connectivity index (χ2v) is 10.8. The maximum Gasteiger partial charge on any atom is 0.410 e. The molecular formula is C27H39N4O6P. The summed E-state index contributed by atoms with van der Waals surface area (Å²) in [6, 6.07) is 14.1. The van der Waals surface area contributed by atoms with Crippen molar-refractivity contribution in [1.82, 2.24) is 4.90 Å². The van der Waals surface area contributed by atoms with Crippen molar-refractivity contribution in [2.24, 2.45) is 0 Å². The molecule has 2 aromatic carbocycles. The molecule has 0 spiro atoms. The Morgan fingerprint density at radius 3 is 1.79 bits per heavy atom. The zero-order valence-electron chi connectivity index (χ0n) is 22.8. The molecule has 2 N–H and O–H groups in total. The summed E-state index contributed by atoms with van der Waals surface area (Å²) in [4.78, 5) is 28.7. The largest absolute Gasteiger partial charge is 0.444 e. The molecule has 1 heterocycles. The Balaban J connectivity index is 1.52. The number of hydrogen-bond donors (Lipinski definition) is 2. The topological polar surface area (TPSA) is 109 Å². The molecule has 208 valence electrons. The molecule has 1 atom stereocenters. The fourth-order valence-corrected chi connectivity index (χ4v) is 4.88. The minimum absolute atomic E-state index is 0.285. The summed E-state index contributed by atoms with van der Waals surface area (Å²) in [6.07, 6.45) is -0.285. The molecule has 3 amide bonds. The van der Waals surface area contributed by atoms with Crippen molar-refractivity contribution >= 4 is 37.6 Å². The van der Waals surface area contributed by atoms with Crippen LogP contribution in [0.15, 0.2) is 48.5 Å². The molecule has 1 aliphatic rings. The number of piperazine rings is 1. The Morgan fingerprint density at radius 1 is 0.842 bits per heavy atom. The van der Waals surface area contributed by atoms with E-state index in [-0.39, 0.29) is 12.1 Å². The van der Waals surface area contributed by atoms with Gasteiger partial charge in [0.2, 0.25) is 5.53 Å². The van der Waals surface area contributed by atoms with Gasteiger partial charge >= 0.3 is 12.1 Å². The molecule has 0 saturated carbocycles. The van der Waals surface area contributed by atoms with E-state index in [1.54, 1.807) is 29.2 Å². The lowest BCUT2D eigenvalue weighted by Gasteiger charge is -2.36. The lowest BCUT2D eigenvalue weighted by Crippen LogP contribution is -2.50. The quantitative estimate of drug-likeness (QED) is 0.323. The first kappa shape index (κ1) is 29.5. The SMILES string of the molecule is CCOC(OCC)([PH2]=O)c1ccc(NC(=O)Nc2ccc(N3CCN(C(=O)OC(C)(C)C)CC3)cc2)cc1. The Hall–Kier alpha value is -3.07. The number of carbonyl (C=O) groups excluding carboxylic acids is 2. The maximum atomic E-state index is 12.5. The highest BCUT2D eigenvalue weighted by Gasteiger charge is 2.32. The van der Waals surface area contributed by atoms with Gasteiger partial charge in [0.15, 0.2) is 0 Å². The molecule has 0 radical (unpaired) electrons. The number of benzene rings is 2. The van der Waals surface area contributed by atoms with Gasteiger partial charge in [-0.3, -0.25) is 0 Å². The van der Waals surface area contributed by atoms with Gasteiger partial charge in [-0.2, -0.15) is 0 Å². The van der Waals surface area contributed by atoms with Gasteiger partial charge in [0.25, 0.3) is 0 Å². The third kappa shape index (κ3) is 7.96. The van der Waals surface area contributed by atoms with Crippen LogP contribution in [-0.4, -0.2) is 62.0 Å². The van der Waals surface area contributed by atoms with E-state index in [4.69, 9.17) is 14.2 Å². The van der Waals surface area contributed by atoms with Crippen molar-refractivity contribution in [2.75, 3.05) is 54.9 Å². The summed E-state index contributed by atoms with van der Waals surface area (Å²) >= 11 is 0. The molecule has 1 aliphatic heterocycles. The van der Waals surface area contributed by atoms with Gasteiger partial charge in [0, 0.05) is 62.0 Å². The first-order valence-electron chi connectivity index (χ1n) is 12.8. The summed E-state index contributed by atoms with van der Waals surface area (Å²) in [5.74, 6) is 0. The van der Waals surface area contributed by atoms with Crippen molar-refractivity contribution in [3.63, 3.8) is 0 Å². The Kier molecular flexibility index (Phi) is 10.2. The first-order valence-corrected chi connectivity index (χ1v) is 13.9. The third-order valence-corrected chi connectivity index (χ3v) is 6.82. The van der Waals surface area contributed by atoms with E-state index in [2.05, 4.69) is 15.5 Å². The molecule has 38 heavy (non-hydrogen) atoms. The highest BCUT2D eigenvalue weighted by molar-refractivity contribution is 7.24. The number of hydrogen-bond acceptors (Lipinski definition) is 7. The number of nitrogens with zero attached hydrogens (tertiary/aromatic N) is 2. The number of ether oxygens (including phenoxy) is 3. The number of rotatable bonds is 9. The molecular weight excluding hydrogens is 507 g/mol. The molecule has 2 aromatic rings. The van der Waals surface area contributed by atoms with Crippen molar-refractivity contribution in [1.29, 1.82) is 0 Å². The number of anilines is 3. The van der Waals surface area contributed by atoms with Gasteiger partial charge in [-0.05, 0) is 71.0 Å². The van der Waals surface area contributed by atoms with Gasteiger partial charge < -0.3 is 39.2 Å². The monoisotopic (exact) mass is 546 g/mol. The van der Waals surface area contributed by atoms with E-state index in [1.165, 1.54) is 0 Å². The summed E-state index contributed by atoms with van der Waals surface area (Å²) in [7, 11) is -1.38. The van der Waals surface area contributed by atoms with Crippen molar-refractivity contribution < 1.29 is 28.4 Å². The smallest absolute Gasteiger partial charge is 0.410 e. The highest BCUT2D eigenvalue weighted by atomic mass is 31.1. The van der Waals surface area contributed by atoms with E-state index in [1.807, 2.05) is 58.9 Å². The summed E-state index contributed by atoms with van der Waals surface area (Å²) in [5.41, 5.74) is 1.12. The zero-order valence-corrected chi connectivity index (χ0v) is 23.9. The van der Waals surface area contributed by atoms with Gasteiger partial charge in [-0.15, -0.1) is 0 Å². The van der Waals surface area contributed by atoms with E-state index in [0.29, 0.717) is 56.3 Å². The van der Waals surface area contributed by atoms with Crippen LogP contribution in [0.5, 0.6) is 0 Å². The predicted molar refractivity (Wildman–Crippen MR) is 151 cm³/mol. The van der Waals surface area contributed by atoms with Gasteiger partial charge in [0.05, 0.1) is 0 Å². The summed E-state index contributed by atoms with van der Waals surface area (Å²) in [5, 5.41) is 5.63. The normalized spacial score (nSPS) is 14.6. The molecule has 0 aliphatic carbocycles. The fourth-order valence-electron chi connectivity index (χ4n) is 4.08. The molecule has 0 aromatic heterocycles. The second-order valence-electron chi connectivity index (χ2n) is 9.81. The molecule has 0 bridgehead atoms. The van der Waals surface area contributed by atoms with Crippen LogP contribution in [0.25, 0.3) is 0 Å². The lowest BCUT2D eigenvalue weighted by atomic mass is 10.2. The van der Waals surface area contributed by atoms with Crippen molar-refractivity contribution in [3.8, 4) is 0 Å². The third-order valence-electron chi connectivity index (χ3n) is 5.84. The number of urea groups is 1. The van der Waals surface area contributed by atoms with Gasteiger partial charge in [0.1, 0.15) is 14.1 Å². The second kappa shape index (κ2) is 13.1. The molecule has 1 unspecified atom stereocenters. The Bertz CT molecular complexity index is 1070. The van der Waals surface area contributed by atoms with Crippen LogP contribution in [-0.2, 0) is 24.3 Å². The van der Waals surface area contributed by atoms with Gasteiger partial charge in [-0.25, -0.2) is 9.59 Å². The highest BCUT2D eigenvalue weighted by Crippen LogP contribution is 2.38. The van der Waals surface area contributed by atoms with E-state index in [9.17, 15) is 14.2 Å². The lowest BCUT2D eigenvalue weighted by molar-refractivity contribution is -0.176. The summed E-state index contributed by atoms with van der Waals surface area (Å²) in [6.45, 7) is 12.5. The molecule has 3 rings (SSSR count). The standard InChI is InChI=1S/C27H39N4O6P/c1-6-35-27(38-34,36-7-2)20-8-10-21(11-9-20)28-24(32)29-22-12-14-23(15-13-22)30-16-18-31(19-17-30)25(33)37-26(3,4)5/h8-15H,6-7,16-19,38H2,1-5H3,(H2,28,29,32). The molecule has 10 nitrogen and oxygen atoms in total. The zero-order chi connectivity index (χ0) is 27.8. The van der Waals surface area contributed by atoms with Crippen molar-refractivity contribution in [2.45, 2.75) is 45.7 Å². The number of nitrogens with one attached hydrogen (secondary N) is 2. The Morgan fingerprint density at radius 2 is 1.34 bits per heavy atom. The first-order chi connectivity index (χ1) is 18.1. The van der Waals surface area contributed by atoms with Crippen LogP contribution in [0.3, 0.4) is 0 Å². The molecule has 11 heteroatoms. The Labute approximate surface area is 225 Å². The van der Waals surface area contributed by atoms with Crippen molar-refractivity contribution in [3.05, 3.63) is 54.1 Å². The number of amides is 3. The predicted octanol–water partition coefficient (Wildman–Crippen LogP) is 5.33. The fraction of sp³-hybridized carbons (Fsp3) is 0.481. The molecule has 1 fully saturated rings. The van der Waals surface area contributed by atoms with E-state index in [0.717, 1.165) is 5.69 Å². The summed E-state index contributed by atoms with van der Waals surface area (Å²) < 4.78 is 28.7. The van der Waals surface area contributed by atoms with Crippen LogP contribution in [0.1, 0.15) is 40.2 Å². The maximum absolute atomic E-state index is 12.5. The minimum Gasteiger partial charge on any atom is -0.444 e. The van der Waals surface area contributed by atoms with Crippen LogP contribution in [0, 0.1) is 0 Å². The average molecular weight is 547 g/mol. The van der Waals surface area contributed by atoms with E-state index < -0.39 is 19.6 Å². The van der Waals surface area contributed by atoms with Crippen LogP contribution in [0.2, 0.25) is 0 Å². The van der Waals surface area contributed by atoms with Crippen LogP contribution < -0.4 is 15.5 Å².